The van der Waals surface area contributed by atoms with Crippen molar-refractivity contribution in [3.63, 3.8) is 0 Å². The van der Waals surface area contributed by atoms with Crippen molar-refractivity contribution < 1.29 is 4.74 Å². The van der Waals surface area contributed by atoms with E-state index in [1.807, 2.05) is 7.05 Å². The van der Waals surface area contributed by atoms with Crippen LogP contribution in [-0.4, -0.2) is 32.2 Å². The summed E-state index contributed by atoms with van der Waals surface area (Å²) in [5, 5.41) is 6.97. The van der Waals surface area contributed by atoms with Crippen molar-refractivity contribution in [2.24, 2.45) is 4.99 Å². The molecule has 2 unspecified atom stereocenters. The minimum Gasteiger partial charge on any atom is -0.493 e. The van der Waals surface area contributed by atoms with Gasteiger partial charge >= 0.3 is 0 Å². The first-order valence-corrected chi connectivity index (χ1v) is 9.10. The van der Waals surface area contributed by atoms with Crippen LogP contribution in [0.15, 0.2) is 53.5 Å². The summed E-state index contributed by atoms with van der Waals surface area (Å²) in [6.45, 7) is 1.69. The third-order valence-electron chi connectivity index (χ3n) is 5.02. The van der Waals surface area contributed by atoms with E-state index < -0.39 is 0 Å². The Labute approximate surface area is 149 Å². The molecule has 25 heavy (non-hydrogen) atoms. The number of aliphatic imine (C=N–C) groups is 1. The van der Waals surface area contributed by atoms with Gasteiger partial charge in [0.15, 0.2) is 5.96 Å². The number of rotatable bonds is 5. The molecular weight excluding hydrogens is 310 g/mol. The molecule has 1 saturated carbocycles. The van der Waals surface area contributed by atoms with Crippen LogP contribution in [0.2, 0.25) is 0 Å². The van der Waals surface area contributed by atoms with Crippen LogP contribution in [0.4, 0.5) is 0 Å². The molecule has 130 valence electrons. The molecule has 2 N–H and O–H groups in total. The Kier molecular flexibility index (Phi) is 4.59. The second-order valence-corrected chi connectivity index (χ2v) is 6.79. The third kappa shape index (κ3) is 3.78. The summed E-state index contributed by atoms with van der Waals surface area (Å²) in [4.78, 5) is 4.36. The van der Waals surface area contributed by atoms with Gasteiger partial charge in [0, 0.05) is 32.0 Å². The van der Waals surface area contributed by atoms with E-state index in [4.69, 9.17) is 4.74 Å². The van der Waals surface area contributed by atoms with Crippen molar-refractivity contribution in [2.75, 3.05) is 20.2 Å². The number of nitrogens with one attached hydrogen (secondary N) is 2. The molecule has 2 atom stereocenters. The zero-order chi connectivity index (χ0) is 17.1. The highest BCUT2D eigenvalue weighted by molar-refractivity contribution is 5.80. The minimum absolute atomic E-state index is 0.491. The van der Waals surface area contributed by atoms with Crippen molar-refractivity contribution in [1.82, 2.24) is 10.6 Å². The highest BCUT2D eigenvalue weighted by atomic mass is 16.5. The maximum atomic E-state index is 5.57. The predicted octanol–water partition coefficient (Wildman–Crippen LogP) is 2.89. The highest BCUT2D eigenvalue weighted by Gasteiger charge is 2.38. The van der Waals surface area contributed by atoms with E-state index in [9.17, 15) is 0 Å². The number of hydrogen-bond acceptors (Lipinski definition) is 2. The molecule has 1 heterocycles. The summed E-state index contributed by atoms with van der Waals surface area (Å²) in [5.41, 5.74) is 4.10. The fourth-order valence-corrected chi connectivity index (χ4v) is 3.51. The van der Waals surface area contributed by atoms with Crippen LogP contribution < -0.4 is 15.4 Å². The summed E-state index contributed by atoms with van der Waals surface area (Å²) in [7, 11) is 1.84. The van der Waals surface area contributed by atoms with Gasteiger partial charge in [-0.15, -0.1) is 0 Å². The molecule has 1 aliphatic heterocycles. The van der Waals surface area contributed by atoms with Crippen LogP contribution in [0.1, 0.15) is 29.0 Å². The van der Waals surface area contributed by atoms with Crippen LogP contribution in [0.5, 0.6) is 5.75 Å². The Morgan fingerprint density at radius 1 is 1.20 bits per heavy atom. The van der Waals surface area contributed by atoms with Crippen LogP contribution >= 0.6 is 0 Å². The second kappa shape index (κ2) is 7.18. The maximum Gasteiger partial charge on any atom is 0.191 e. The van der Waals surface area contributed by atoms with Crippen molar-refractivity contribution in [1.29, 1.82) is 0 Å². The Morgan fingerprint density at radius 3 is 2.92 bits per heavy atom. The molecule has 2 aromatic rings. The van der Waals surface area contributed by atoms with Gasteiger partial charge in [-0.25, -0.2) is 0 Å². The standard InChI is InChI=1S/C21H25N3O/c1-22-21(24-19-14-18(19)16-5-3-2-4-6-16)23-11-9-15-7-8-20-17(13-15)10-12-25-20/h2-8,13,18-19H,9-12,14H2,1H3,(H2,22,23,24). The molecule has 1 aliphatic carbocycles. The lowest BCUT2D eigenvalue weighted by Crippen LogP contribution is -2.39. The fourth-order valence-electron chi connectivity index (χ4n) is 3.51. The average molecular weight is 335 g/mol. The van der Waals surface area contributed by atoms with Gasteiger partial charge in [-0.1, -0.05) is 42.5 Å². The van der Waals surface area contributed by atoms with Gasteiger partial charge in [0.05, 0.1) is 6.61 Å². The molecule has 2 aromatic carbocycles. The monoisotopic (exact) mass is 335 g/mol. The Bertz CT molecular complexity index is 757. The minimum atomic E-state index is 0.491. The van der Waals surface area contributed by atoms with Gasteiger partial charge in [-0.2, -0.15) is 0 Å². The molecule has 4 heteroatoms. The van der Waals surface area contributed by atoms with Crippen LogP contribution in [-0.2, 0) is 12.8 Å². The molecule has 1 fully saturated rings. The average Bonchev–Trinajstić information content (AvgIpc) is 3.26. The van der Waals surface area contributed by atoms with Gasteiger partial charge in [0.2, 0.25) is 0 Å². The fraction of sp³-hybridized carbons (Fsp3) is 0.381. The zero-order valence-electron chi connectivity index (χ0n) is 14.7. The topological polar surface area (TPSA) is 45.7 Å². The highest BCUT2D eigenvalue weighted by Crippen LogP contribution is 2.40. The van der Waals surface area contributed by atoms with Gasteiger partial charge in [-0.3, -0.25) is 4.99 Å². The quantitative estimate of drug-likeness (QED) is 0.652. The van der Waals surface area contributed by atoms with E-state index in [2.05, 4.69) is 64.2 Å². The molecule has 0 saturated heterocycles. The number of guanidine groups is 1. The van der Waals surface area contributed by atoms with E-state index in [0.717, 1.165) is 37.7 Å². The smallest absolute Gasteiger partial charge is 0.191 e. The summed E-state index contributed by atoms with van der Waals surface area (Å²) in [6, 6.07) is 17.7. The zero-order valence-corrected chi connectivity index (χ0v) is 14.7. The number of hydrogen-bond donors (Lipinski definition) is 2. The van der Waals surface area contributed by atoms with E-state index >= 15 is 0 Å². The first kappa shape index (κ1) is 16.0. The van der Waals surface area contributed by atoms with Gasteiger partial charge in [-0.05, 0) is 35.6 Å². The van der Waals surface area contributed by atoms with Crippen molar-refractivity contribution in [3.05, 3.63) is 65.2 Å². The van der Waals surface area contributed by atoms with E-state index in [1.165, 1.54) is 23.1 Å². The second-order valence-electron chi connectivity index (χ2n) is 6.79. The number of nitrogens with zero attached hydrogens (tertiary/aromatic N) is 1. The van der Waals surface area contributed by atoms with Crippen LogP contribution in [0, 0.1) is 0 Å². The summed E-state index contributed by atoms with van der Waals surface area (Å²) < 4.78 is 5.57. The van der Waals surface area contributed by atoms with Crippen molar-refractivity contribution >= 4 is 5.96 Å². The van der Waals surface area contributed by atoms with E-state index in [-0.39, 0.29) is 0 Å². The SMILES string of the molecule is CN=C(NCCc1ccc2c(c1)CCO2)NC1CC1c1ccccc1. The van der Waals surface area contributed by atoms with Gasteiger partial charge < -0.3 is 15.4 Å². The lowest BCUT2D eigenvalue weighted by atomic mass is 10.1. The van der Waals surface area contributed by atoms with E-state index in [1.54, 1.807) is 0 Å². The molecule has 0 bridgehead atoms. The van der Waals surface area contributed by atoms with Crippen LogP contribution in [0.25, 0.3) is 0 Å². The summed E-state index contributed by atoms with van der Waals surface area (Å²) in [6.07, 6.45) is 3.19. The third-order valence-corrected chi connectivity index (χ3v) is 5.02. The van der Waals surface area contributed by atoms with Crippen LogP contribution in [0.3, 0.4) is 0 Å². The molecule has 0 aromatic heterocycles. The lowest BCUT2D eigenvalue weighted by Gasteiger charge is -2.12. The summed E-state index contributed by atoms with van der Waals surface area (Å²) in [5.74, 6) is 2.55. The molecule has 0 spiro atoms. The first-order chi connectivity index (χ1) is 12.3. The molecule has 0 amide bonds. The molecular formula is C21H25N3O. The molecule has 0 radical (unpaired) electrons. The Balaban J connectivity index is 1.25. The largest absolute Gasteiger partial charge is 0.493 e. The normalized spacial score (nSPS) is 21.4. The van der Waals surface area contributed by atoms with Crippen molar-refractivity contribution in [2.45, 2.75) is 31.2 Å². The van der Waals surface area contributed by atoms with Gasteiger partial charge in [0.25, 0.3) is 0 Å². The molecule has 4 rings (SSSR count). The van der Waals surface area contributed by atoms with Crippen molar-refractivity contribution in [3.8, 4) is 5.75 Å². The predicted molar refractivity (Wildman–Crippen MR) is 101 cm³/mol. The number of fused-ring (bicyclic) bond motifs is 1. The number of benzene rings is 2. The Morgan fingerprint density at radius 2 is 2.08 bits per heavy atom. The lowest BCUT2D eigenvalue weighted by molar-refractivity contribution is 0.357. The number of ether oxygens (including phenoxy) is 1. The maximum absolute atomic E-state index is 5.57. The first-order valence-electron chi connectivity index (χ1n) is 9.10. The Hall–Kier alpha value is -2.49. The molecule has 2 aliphatic rings. The van der Waals surface area contributed by atoms with E-state index in [0.29, 0.717) is 12.0 Å². The summed E-state index contributed by atoms with van der Waals surface area (Å²) >= 11 is 0. The van der Waals surface area contributed by atoms with Gasteiger partial charge in [0.1, 0.15) is 5.75 Å². The molecule has 4 nitrogen and oxygen atoms in total.